The van der Waals surface area contributed by atoms with E-state index < -0.39 is 0 Å². The zero-order valence-electron chi connectivity index (χ0n) is 13.5. The lowest BCUT2D eigenvalue weighted by Crippen LogP contribution is -2.40. The number of para-hydroxylation sites is 2. The molecule has 1 fully saturated rings. The third-order valence-electron chi connectivity index (χ3n) is 3.91. The van der Waals surface area contributed by atoms with Crippen molar-refractivity contribution in [1.82, 2.24) is 10.6 Å². The summed E-state index contributed by atoms with van der Waals surface area (Å²) in [5.74, 6) is 2.38. The molecule has 1 saturated heterocycles. The van der Waals surface area contributed by atoms with Crippen LogP contribution in [-0.2, 0) is 0 Å². The van der Waals surface area contributed by atoms with Gasteiger partial charge >= 0.3 is 0 Å². The zero-order valence-corrected chi connectivity index (χ0v) is 13.5. The number of methoxy groups -OCH3 is 1. The van der Waals surface area contributed by atoms with Gasteiger partial charge in [-0.2, -0.15) is 0 Å². The van der Waals surface area contributed by atoms with Crippen molar-refractivity contribution >= 4 is 11.6 Å². The predicted octanol–water partition coefficient (Wildman–Crippen LogP) is 1.87. The highest BCUT2D eigenvalue weighted by atomic mass is 16.5. The number of rotatable bonds is 6. The van der Waals surface area contributed by atoms with E-state index in [1.807, 2.05) is 18.2 Å². The molecular formula is C17H26N4O. The molecule has 5 nitrogen and oxygen atoms in total. The number of aliphatic imine (C=N–C) groups is 1. The highest BCUT2D eigenvalue weighted by Gasteiger charge is 2.24. The van der Waals surface area contributed by atoms with Crippen molar-refractivity contribution in [3.05, 3.63) is 36.9 Å². The fourth-order valence-electron chi connectivity index (χ4n) is 2.74. The van der Waals surface area contributed by atoms with E-state index in [1.165, 1.54) is 12.1 Å². The number of anilines is 1. The molecule has 1 atom stereocenters. The Bertz CT molecular complexity index is 515. The topological polar surface area (TPSA) is 48.9 Å². The third-order valence-corrected chi connectivity index (χ3v) is 3.91. The Morgan fingerprint density at radius 1 is 1.45 bits per heavy atom. The van der Waals surface area contributed by atoms with Gasteiger partial charge in [-0.1, -0.05) is 18.2 Å². The molecule has 0 spiro atoms. The Morgan fingerprint density at radius 2 is 2.27 bits per heavy atom. The molecule has 0 aliphatic carbocycles. The highest BCUT2D eigenvalue weighted by Crippen LogP contribution is 2.31. The van der Waals surface area contributed by atoms with Gasteiger partial charge in [0, 0.05) is 33.2 Å². The van der Waals surface area contributed by atoms with Crippen molar-refractivity contribution in [2.75, 3.05) is 45.2 Å². The van der Waals surface area contributed by atoms with Crippen molar-refractivity contribution in [1.29, 1.82) is 0 Å². The summed E-state index contributed by atoms with van der Waals surface area (Å²) in [5.41, 5.74) is 1.18. The molecule has 1 aliphatic rings. The van der Waals surface area contributed by atoms with Crippen LogP contribution in [0.3, 0.4) is 0 Å². The van der Waals surface area contributed by atoms with Crippen molar-refractivity contribution in [2.45, 2.75) is 6.42 Å². The largest absolute Gasteiger partial charge is 0.495 e. The van der Waals surface area contributed by atoms with E-state index in [-0.39, 0.29) is 0 Å². The molecule has 1 aromatic rings. The molecular weight excluding hydrogens is 276 g/mol. The maximum atomic E-state index is 5.46. The Morgan fingerprint density at radius 3 is 3.00 bits per heavy atom. The van der Waals surface area contributed by atoms with Crippen LogP contribution in [0, 0.1) is 5.92 Å². The van der Waals surface area contributed by atoms with Crippen LogP contribution in [0.4, 0.5) is 5.69 Å². The van der Waals surface area contributed by atoms with E-state index in [2.05, 4.69) is 39.2 Å². The van der Waals surface area contributed by atoms with Gasteiger partial charge in [-0.25, -0.2) is 0 Å². The second kappa shape index (κ2) is 8.32. The van der Waals surface area contributed by atoms with Crippen LogP contribution in [0.15, 0.2) is 41.9 Å². The second-order valence-corrected chi connectivity index (χ2v) is 5.40. The Hall–Kier alpha value is -2.17. The minimum atomic E-state index is 0.604. The number of hydrogen-bond donors (Lipinski definition) is 2. The van der Waals surface area contributed by atoms with Gasteiger partial charge in [-0.3, -0.25) is 4.99 Å². The Balaban J connectivity index is 1.86. The first kappa shape index (κ1) is 16.2. The summed E-state index contributed by atoms with van der Waals surface area (Å²) >= 11 is 0. The smallest absolute Gasteiger partial charge is 0.191 e. The van der Waals surface area contributed by atoms with Gasteiger partial charge in [0.15, 0.2) is 5.96 Å². The van der Waals surface area contributed by atoms with Crippen LogP contribution in [-0.4, -0.2) is 46.3 Å². The van der Waals surface area contributed by atoms with Gasteiger partial charge in [-0.15, -0.1) is 6.58 Å². The monoisotopic (exact) mass is 302 g/mol. The molecule has 0 amide bonds. The molecule has 22 heavy (non-hydrogen) atoms. The molecule has 1 aromatic carbocycles. The Kier molecular flexibility index (Phi) is 6.13. The quantitative estimate of drug-likeness (QED) is 0.478. The molecule has 1 aliphatic heterocycles. The van der Waals surface area contributed by atoms with E-state index in [9.17, 15) is 0 Å². The molecule has 1 heterocycles. The van der Waals surface area contributed by atoms with Crippen LogP contribution in [0.2, 0.25) is 0 Å². The second-order valence-electron chi connectivity index (χ2n) is 5.40. The van der Waals surface area contributed by atoms with Gasteiger partial charge in [0.05, 0.1) is 12.8 Å². The average Bonchev–Trinajstić information content (AvgIpc) is 3.04. The van der Waals surface area contributed by atoms with Crippen molar-refractivity contribution in [3.8, 4) is 5.75 Å². The third kappa shape index (κ3) is 4.16. The summed E-state index contributed by atoms with van der Waals surface area (Å²) in [5, 5.41) is 6.57. The molecule has 1 unspecified atom stereocenters. The standard InChI is InChI=1S/C17H26N4O/c1-4-10-19-17(18-2)20-12-14-9-11-21(13-14)15-7-5-6-8-16(15)22-3/h4-8,14H,1,9-13H2,2-3H3,(H2,18,19,20). The average molecular weight is 302 g/mol. The van der Waals surface area contributed by atoms with Gasteiger partial charge in [0.2, 0.25) is 0 Å². The first-order valence-electron chi connectivity index (χ1n) is 7.71. The number of guanidine groups is 1. The minimum Gasteiger partial charge on any atom is -0.495 e. The molecule has 0 saturated carbocycles. The van der Waals surface area contributed by atoms with Gasteiger partial charge in [0.25, 0.3) is 0 Å². The van der Waals surface area contributed by atoms with Crippen LogP contribution in [0.1, 0.15) is 6.42 Å². The van der Waals surface area contributed by atoms with E-state index in [4.69, 9.17) is 4.74 Å². The SMILES string of the molecule is C=CCNC(=NC)NCC1CCN(c2ccccc2OC)C1. The maximum Gasteiger partial charge on any atom is 0.191 e. The summed E-state index contributed by atoms with van der Waals surface area (Å²) in [6.45, 7) is 7.43. The maximum absolute atomic E-state index is 5.46. The van der Waals surface area contributed by atoms with Crippen LogP contribution >= 0.6 is 0 Å². The number of benzene rings is 1. The first-order valence-corrected chi connectivity index (χ1v) is 7.71. The molecule has 0 bridgehead atoms. The van der Waals surface area contributed by atoms with Crippen molar-refractivity contribution < 1.29 is 4.74 Å². The number of hydrogen-bond acceptors (Lipinski definition) is 3. The summed E-state index contributed by atoms with van der Waals surface area (Å²) < 4.78 is 5.46. The van der Waals surface area contributed by atoms with E-state index in [1.54, 1.807) is 14.2 Å². The molecule has 0 aromatic heterocycles. The lowest BCUT2D eigenvalue weighted by atomic mass is 10.1. The minimum absolute atomic E-state index is 0.604. The molecule has 2 N–H and O–H groups in total. The number of nitrogens with one attached hydrogen (secondary N) is 2. The zero-order chi connectivity index (χ0) is 15.8. The van der Waals surface area contributed by atoms with E-state index >= 15 is 0 Å². The van der Waals surface area contributed by atoms with E-state index in [0.717, 1.165) is 37.9 Å². The predicted molar refractivity (Wildman–Crippen MR) is 92.9 cm³/mol. The van der Waals surface area contributed by atoms with Crippen LogP contribution in [0.5, 0.6) is 5.75 Å². The van der Waals surface area contributed by atoms with Gasteiger partial charge in [0.1, 0.15) is 5.75 Å². The highest BCUT2D eigenvalue weighted by molar-refractivity contribution is 5.79. The molecule has 5 heteroatoms. The lowest BCUT2D eigenvalue weighted by molar-refractivity contribution is 0.414. The summed E-state index contributed by atoms with van der Waals surface area (Å²) in [6.07, 6.45) is 3.00. The van der Waals surface area contributed by atoms with E-state index in [0.29, 0.717) is 5.92 Å². The summed E-state index contributed by atoms with van der Waals surface area (Å²) in [4.78, 5) is 6.60. The molecule has 2 rings (SSSR count). The fourth-order valence-corrected chi connectivity index (χ4v) is 2.74. The number of ether oxygens (including phenoxy) is 1. The summed E-state index contributed by atoms with van der Waals surface area (Å²) in [6, 6.07) is 8.21. The van der Waals surface area contributed by atoms with Crippen LogP contribution < -0.4 is 20.3 Å². The summed E-state index contributed by atoms with van der Waals surface area (Å²) in [7, 11) is 3.51. The Labute approximate surface area is 133 Å². The molecule has 0 radical (unpaired) electrons. The van der Waals surface area contributed by atoms with Gasteiger partial charge < -0.3 is 20.3 Å². The number of nitrogens with zero attached hydrogens (tertiary/aromatic N) is 2. The molecule has 120 valence electrons. The van der Waals surface area contributed by atoms with Crippen molar-refractivity contribution in [3.63, 3.8) is 0 Å². The van der Waals surface area contributed by atoms with Crippen LogP contribution in [0.25, 0.3) is 0 Å². The fraction of sp³-hybridized carbons (Fsp3) is 0.471. The van der Waals surface area contributed by atoms with Gasteiger partial charge in [-0.05, 0) is 24.5 Å². The van der Waals surface area contributed by atoms with Crippen molar-refractivity contribution in [2.24, 2.45) is 10.9 Å². The lowest BCUT2D eigenvalue weighted by Gasteiger charge is -2.21. The first-order chi connectivity index (χ1) is 10.8. The normalized spacial score (nSPS) is 18.2.